The average molecular weight is 519 g/mol. The molecular formula is C27H30N6O3S. The fraction of sp³-hybridized carbons (Fsp3) is 0.370. The quantitative estimate of drug-likeness (QED) is 0.590. The standard InChI is InChI=1S/C27H30N6O3S/c1-16-8-9-22(36-4)21(12-16)32-17(2)13-19(18(32)3)14-20-25(28)33-27(29-26(20)35)37-23(30-33)15-24(34)31-10-6-5-7-11-31/h8-9,12-14,28H,5-7,10-11,15H2,1-4H3. The second kappa shape index (κ2) is 10.0. The number of ether oxygens (including phenoxy) is 1. The summed E-state index contributed by atoms with van der Waals surface area (Å²) < 4.78 is 7.67. The van der Waals surface area contributed by atoms with E-state index < -0.39 is 5.91 Å². The number of likely N-dealkylation sites (tertiary alicyclic amines) is 1. The van der Waals surface area contributed by atoms with Gasteiger partial charge in [-0.2, -0.15) is 15.1 Å². The predicted octanol–water partition coefficient (Wildman–Crippen LogP) is 4.43. The van der Waals surface area contributed by atoms with Crippen molar-refractivity contribution >= 4 is 45.7 Å². The number of carbonyl (C=O) groups is 2. The Balaban J connectivity index is 1.42. The number of hydrogen-bond donors (Lipinski definition) is 1. The van der Waals surface area contributed by atoms with Crippen molar-refractivity contribution in [3.8, 4) is 11.4 Å². The van der Waals surface area contributed by atoms with Crippen LogP contribution in [-0.2, 0) is 9.59 Å². The first kappa shape index (κ1) is 25.0. The van der Waals surface area contributed by atoms with E-state index in [1.165, 1.54) is 16.8 Å². The molecule has 192 valence electrons. The Kier molecular flexibility index (Phi) is 6.76. The number of aryl methyl sites for hydroxylation is 2. The summed E-state index contributed by atoms with van der Waals surface area (Å²) >= 11 is 1.19. The molecule has 10 heteroatoms. The van der Waals surface area contributed by atoms with Gasteiger partial charge in [0.05, 0.1) is 24.8 Å². The summed E-state index contributed by atoms with van der Waals surface area (Å²) in [6.07, 6.45) is 5.05. The number of amides is 2. The SMILES string of the molecule is COc1ccc(C)cc1-n1c(C)cc(C=C2C(=N)N3N=C(CC(=O)N4CCCCC4)SC3=NC2=O)c1C. The highest BCUT2D eigenvalue weighted by atomic mass is 32.2. The molecule has 0 saturated carbocycles. The zero-order valence-electron chi connectivity index (χ0n) is 21.5. The number of rotatable bonds is 5. The first-order valence-corrected chi connectivity index (χ1v) is 13.2. The molecule has 2 aromatic rings. The van der Waals surface area contributed by atoms with Crippen LogP contribution in [0.5, 0.6) is 5.75 Å². The third-order valence-corrected chi connectivity index (χ3v) is 7.76. The molecule has 9 nitrogen and oxygen atoms in total. The Morgan fingerprint density at radius 1 is 1.16 bits per heavy atom. The monoisotopic (exact) mass is 518 g/mol. The van der Waals surface area contributed by atoms with E-state index in [0.717, 1.165) is 66.3 Å². The van der Waals surface area contributed by atoms with Gasteiger partial charge >= 0.3 is 0 Å². The fourth-order valence-electron chi connectivity index (χ4n) is 4.92. The van der Waals surface area contributed by atoms with E-state index in [2.05, 4.69) is 20.7 Å². The van der Waals surface area contributed by atoms with Crippen LogP contribution in [0.2, 0.25) is 0 Å². The van der Waals surface area contributed by atoms with Crippen LogP contribution >= 0.6 is 11.8 Å². The largest absolute Gasteiger partial charge is 0.495 e. The minimum Gasteiger partial charge on any atom is -0.495 e. The molecular weight excluding hydrogens is 488 g/mol. The number of aliphatic imine (C=N–C) groups is 1. The van der Waals surface area contributed by atoms with E-state index in [9.17, 15) is 9.59 Å². The van der Waals surface area contributed by atoms with Gasteiger partial charge in [0.1, 0.15) is 10.8 Å². The van der Waals surface area contributed by atoms with Crippen molar-refractivity contribution in [2.24, 2.45) is 10.1 Å². The number of amidine groups is 2. The van der Waals surface area contributed by atoms with Crippen LogP contribution < -0.4 is 4.74 Å². The lowest BCUT2D eigenvalue weighted by molar-refractivity contribution is -0.130. The van der Waals surface area contributed by atoms with Gasteiger partial charge in [0.25, 0.3) is 5.91 Å². The summed E-state index contributed by atoms with van der Waals surface area (Å²) in [5, 5.41) is 15.4. The van der Waals surface area contributed by atoms with Gasteiger partial charge in [-0.3, -0.25) is 15.0 Å². The maximum absolute atomic E-state index is 13.0. The average Bonchev–Trinajstić information content (AvgIpc) is 3.41. The van der Waals surface area contributed by atoms with Crippen LogP contribution in [0.15, 0.2) is 39.9 Å². The molecule has 0 spiro atoms. The van der Waals surface area contributed by atoms with E-state index >= 15 is 0 Å². The molecule has 1 aromatic heterocycles. The molecule has 37 heavy (non-hydrogen) atoms. The highest BCUT2D eigenvalue weighted by molar-refractivity contribution is 8.27. The molecule has 2 amide bonds. The van der Waals surface area contributed by atoms with Crippen LogP contribution in [0.4, 0.5) is 0 Å². The van der Waals surface area contributed by atoms with E-state index in [0.29, 0.717) is 10.2 Å². The number of methoxy groups -OCH3 is 1. The molecule has 0 atom stereocenters. The third-order valence-electron chi connectivity index (χ3n) is 6.85. The Hall–Kier alpha value is -3.66. The molecule has 1 saturated heterocycles. The summed E-state index contributed by atoms with van der Waals surface area (Å²) in [5.74, 6) is 0.248. The topological polar surface area (TPSA) is 103 Å². The maximum Gasteiger partial charge on any atom is 0.283 e. The number of benzene rings is 1. The number of carbonyl (C=O) groups excluding carboxylic acids is 2. The highest BCUT2D eigenvalue weighted by Crippen LogP contribution is 2.33. The Bertz CT molecular complexity index is 1400. The van der Waals surface area contributed by atoms with E-state index in [1.807, 2.05) is 43.9 Å². The lowest BCUT2D eigenvalue weighted by atomic mass is 10.1. The van der Waals surface area contributed by atoms with E-state index in [4.69, 9.17) is 10.1 Å². The summed E-state index contributed by atoms with van der Waals surface area (Å²) in [5.41, 5.74) is 4.87. The first-order valence-electron chi connectivity index (χ1n) is 12.4. The Morgan fingerprint density at radius 3 is 2.65 bits per heavy atom. The number of hydrogen-bond acceptors (Lipinski definition) is 6. The second-order valence-electron chi connectivity index (χ2n) is 9.47. The summed E-state index contributed by atoms with van der Waals surface area (Å²) in [6, 6.07) is 7.98. The van der Waals surface area contributed by atoms with Gasteiger partial charge in [0.15, 0.2) is 5.84 Å². The van der Waals surface area contributed by atoms with Gasteiger partial charge in [-0.25, -0.2) is 0 Å². The van der Waals surface area contributed by atoms with Gasteiger partial charge in [-0.1, -0.05) is 6.07 Å². The number of hydrazone groups is 1. The number of aromatic nitrogens is 1. The van der Waals surface area contributed by atoms with Gasteiger partial charge < -0.3 is 14.2 Å². The van der Waals surface area contributed by atoms with Crippen LogP contribution in [0, 0.1) is 26.2 Å². The van der Waals surface area contributed by atoms with E-state index in [1.54, 1.807) is 13.2 Å². The zero-order valence-corrected chi connectivity index (χ0v) is 22.3. The normalized spacial score (nSPS) is 18.8. The second-order valence-corrected chi connectivity index (χ2v) is 10.5. The maximum atomic E-state index is 13.0. The molecule has 4 heterocycles. The smallest absolute Gasteiger partial charge is 0.283 e. The van der Waals surface area contributed by atoms with Crippen molar-refractivity contribution in [2.45, 2.75) is 46.5 Å². The van der Waals surface area contributed by atoms with Gasteiger partial charge in [-0.05, 0) is 87.2 Å². The van der Waals surface area contributed by atoms with Gasteiger partial charge in [0.2, 0.25) is 11.1 Å². The molecule has 0 bridgehead atoms. The minimum atomic E-state index is -0.486. The number of piperidine rings is 1. The molecule has 1 N–H and O–H groups in total. The van der Waals surface area contributed by atoms with Crippen LogP contribution in [0.3, 0.4) is 0 Å². The Labute approximate surface area is 220 Å². The molecule has 1 fully saturated rings. The van der Waals surface area contributed by atoms with Crippen LogP contribution in [0.25, 0.3) is 11.8 Å². The lowest BCUT2D eigenvalue weighted by Gasteiger charge is -2.26. The Morgan fingerprint density at radius 2 is 1.92 bits per heavy atom. The van der Waals surface area contributed by atoms with Crippen molar-refractivity contribution < 1.29 is 14.3 Å². The number of nitrogens with zero attached hydrogens (tertiary/aromatic N) is 5. The van der Waals surface area contributed by atoms with Gasteiger partial charge in [-0.15, -0.1) is 0 Å². The van der Waals surface area contributed by atoms with Crippen molar-refractivity contribution in [2.75, 3.05) is 20.2 Å². The molecule has 0 aliphatic carbocycles. The first-order chi connectivity index (χ1) is 17.8. The number of nitrogens with one attached hydrogen (secondary N) is 1. The van der Waals surface area contributed by atoms with Crippen molar-refractivity contribution in [3.63, 3.8) is 0 Å². The number of fused-ring (bicyclic) bond motifs is 1. The summed E-state index contributed by atoms with van der Waals surface area (Å²) in [4.78, 5) is 31.7. The van der Waals surface area contributed by atoms with Crippen LogP contribution in [-0.4, -0.2) is 62.5 Å². The summed E-state index contributed by atoms with van der Waals surface area (Å²) in [6.45, 7) is 7.54. The van der Waals surface area contributed by atoms with Crippen molar-refractivity contribution in [1.29, 1.82) is 5.41 Å². The predicted molar refractivity (Wildman–Crippen MR) is 147 cm³/mol. The molecule has 3 aliphatic heterocycles. The summed E-state index contributed by atoms with van der Waals surface area (Å²) in [7, 11) is 1.64. The minimum absolute atomic E-state index is 0.0269. The van der Waals surface area contributed by atoms with Crippen LogP contribution in [0.1, 0.15) is 48.2 Å². The molecule has 0 unspecified atom stereocenters. The molecule has 5 rings (SSSR count). The zero-order chi connectivity index (χ0) is 26.3. The molecule has 3 aliphatic rings. The molecule has 0 radical (unpaired) electrons. The third kappa shape index (κ3) is 4.73. The van der Waals surface area contributed by atoms with Crippen molar-refractivity contribution in [3.05, 3.63) is 52.4 Å². The van der Waals surface area contributed by atoms with Crippen molar-refractivity contribution in [1.82, 2.24) is 14.5 Å². The van der Waals surface area contributed by atoms with E-state index in [-0.39, 0.29) is 23.7 Å². The fourth-order valence-corrected chi connectivity index (χ4v) is 5.80. The number of thioether (sulfide) groups is 1. The highest BCUT2D eigenvalue weighted by Gasteiger charge is 2.36. The van der Waals surface area contributed by atoms with Gasteiger partial charge in [0, 0.05) is 24.5 Å². The molecule has 1 aromatic carbocycles. The lowest BCUT2D eigenvalue weighted by Crippen LogP contribution is -2.36.